The fraction of sp³-hybridized carbons (Fsp3) is 0.500. The Balaban J connectivity index is 3.14. The first-order valence-electron chi connectivity index (χ1n) is 4.45. The van der Waals surface area contributed by atoms with Crippen LogP contribution in [0.1, 0.15) is 13.8 Å². The van der Waals surface area contributed by atoms with E-state index in [1.807, 2.05) is 0 Å². The van der Waals surface area contributed by atoms with E-state index >= 15 is 0 Å². The van der Waals surface area contributed by atoms with E-state index in [4.69, 9.17) is 16.8 Å². The van der Waals surface area contributed by atoms with Gasteiger partial charge >= 0.3 is 0 Å². The van der Waals surface area contributed by atoms with Crippen LogP contribution in [0.3, 0.4) is 0 Å². The molecule has 8 heteroatoms. The molecule has 0 radical (unpaired) electrons. The van der Waals surface area contributed by atoms with Gasteiger partial charge in [-0.05, 0) is 25.4 Å². The number of carbonyl (C=O) groups excluding carboxylic acids is 1. The van der Waals surface area contributed by atoms with Crippen molar-refractivity contribution in [3.63, 3.8) is 0 Å². The van der Waals surface area contributed by atoms with Gasteiger partial charge in [0.15, 0.2) is 5.71 Å². The fourth-order valence-electron chi connectivity index (χ4n) is 1.18. The molecule has 0 saturated heterocycles. The predicted molar refractivity (Wildman–Crippen MR) is 57.6 cm³/mol. The van der Waals surface area contributed by atoms with Gasteiger partial charge in [0.25, 0.3) is 5.91 Å². The van der Waals surface area contributed by atoms with Gasteiger partial charge in [0, 0.05) is 7.05 Å². The lowest BCUT2D eigenvalue weighted by Gasteiger charge is -2.24. The van der Waals surface area contributed by atoms with E-state index in [0.29, 0.717) is 0 Å². The second-order valence-electron chi connectivity index (χ2n) is 3.54. The topological polar surface area (TPSA) is 92.4 Å². The molecule has 0 atom stereocenters. The SMILES string of the molecule is CNC(=O)C(=NO)C(C)(C)n1cnc(Cl)n1. The van der Waals surface area contributed by atoms with Gasteiger partial charge in [-0.3, -0.25) is 4.79 Å². The average Bonchev–Trinajstić information content (AvgIpc) is 2.65. The maximum Gasteiger partial charge on any atom is 0.271 e. The van der Waals surface area contributed by atoms with Crippen molar-refractivity contribution < 1.29 is 10.0 Å². The molecule has 0 bridgehead atoms. The smallest absolute Gasteiger partial charge is 0.271 e. The second kappa shape index (κ2) is 4.48. The van der Waals surface area contributed by atoms with Gasteiger partial charge in [0.2, 0.25) is 5.28 Å². The number of aromatic nitrogens is 3. The maximum atomic E-state index is 11.5. The molecule has 1 aromatic rings. The second-order valence-corrected chi connectivity index (χ2v) is 3.88. The lowest BCUT2D eigenvalue weighted by atomic mass is 9.98. The zero-order valence-corrected chi connectivity index (χ0v) is 9.86. The summed E-state index contributed by atoms with van der Waals surface area (Å²) in [5, 5.41) is 18.2. The normalized spacial score (nSPS) is 12.6. The number of amides is 1. The molecule has 7 nitrogen and oxygen atoms in total. The molecule has 0 aromatic carbocycles. The van der Waals surface area contributed by atoms with E-state index in [1.165, 1.54) is 18.1 Å². The summed E-state index contributed by atoms with van der Waals surface area (Å²) >= 11 is 5.58. The first kappa shape index (κ1) is 12.4. The zero-order valence-electron chi connectivity index (χ0n) is 9.10. The lowest BCUT2D eigenvalue weighted by Crippen LogP contribution is -2.45. The lowest BCUT2D eigenvalue weighted by molar-refractivity contribution is -0.114. The van der Waals surface area contributed by atoms with Crippen LogP contribution < -0.4 is 5.32 Å². The Hall–Kier alpha value is -1.63. The highest BCUT2D eigenvalue weighted by molar-refractivity contribution is 6.41. The standard InChI is InChI=1S/C8H12ClN5O2/c1-8(2,5(13-16)6(15)10-3)14-4-11-7(9)12-14/h4,16H,1-3H3,(H,10,15). The fourth-order valence-corrected chi connectivity index (χ4v) is 1.31. The van der Waals surface area contributed by atoms with Crippen LogP contribution in [-0.4, -0.2) is 38.6 Å². The van der Waals surface area contributed by atoms with E-state index in [9.17, 15) is 4.79 Å². The van der Waals surface area contributed by atoms with Crippen molar-refractivity contribution in [2.75, 3.05) is 7.05 Å². The molecule has 1 amide bonds. The monoisotopic (exact) mass is 245 g/mol. The number of nitrogens with zero attached hydrogens (tertiary/aromatic N) is 4. The minimum absolute atomic E-state index is 0.0577. The first-order valence-corrected chi connectivity index (χ1v) is 4.83. The summed E-state index contributed by atoms with van der Waals surface area (Å²) in [4.78, 5) is 15.2. The van der Waals surface area contributed by atoms with Crippen molar-refractivity contribution in [1.82, 2.24) is 20.1 Å². The quantitative estimate of drug-likeness (QED) is 0.453. The van der Waals surface area contributed by atoms with Gasteiger partial charge in [-0.25, -0.2) is 9.67 Å². The molecule has 0 saturated carbocycles. The van der Waals surface area contributed by atoms with Crippen LogP contribution in [0.2, 0.25) is 5.28 Å². The molecule has 0 spiro atoms. The number of halogens is 1. The Morgan fingerprint density at radius 1 is 1.69 bits per heavy atom. The third-order valence-corrected chi connectivity index (χ3v) is 2.33. The van der Waals surface area contributed by atoms with E-state index in [-0.39, 0.29) is 11.0 Å². The third-order valence-electron chi connectivity index (χ3n) is 2.16. The largest absolute Gasteiger partial charge is 0.410 e. The molecule has 0 aliphatic carbocycles. The van der Waals surface area contributed by atoms with Gasteiger partial charge < -0.3 is 10.5 Å². The summed E-state index contributed by atoms with van der Waals surface area (Å²) in [5.74, 6) is -0.501. The highest BCUT2D eigenvalue weighted by atomic mass is 35.5. The number of nitrogens with one attached hydrogen (secondary N) is 1. The Kier molecular flexibility index (Phi) is 3.48. The molecule has 16 heavy (non-hydrogen) atoms. The first-order chi connectivity index (χ1) is 7.43. The maximum absolute atomic E-state index is 11.5. The summed E-state index contributed by atoms with van der Waals surface area (Å²) in [6.07, 6.45) is 1.36. The molecule has 0 unspecified atom stereocenters. The van der Waals surface area contributed by atoms with Crippen LogP contribution in [-0.2, 0) is 10.3 Å². The number of hydrogen-bond donors (Lipinski definition) is 2. The highest BCUT2D eigenvalue weighted by Gasteiger charge is 2.34. The Bertz CT molecular complexity index is 426. The van der Waals surface area contributed by atoms with Crippen LogP contribution in [0, 0.1) is 0 Å². The van der Waals surface area contributed by atoms with Crippen LogP contribution in [0.4, 0.5) is 0 Å². The summed E-state index contributed by atoms with van der Waals surface area (Å²) in [6, 6.07) is 0. The molecule has 1 heterocycles. The third kappa shape index (κ3) is 2.13. The van der Waals surface area contributed by atoms with E-state index in [0.717, 1.165) is 0 Å². The van der Waals surface area contributed by atoms with Gasteiger partial charge in [-0.15, -0.1) is 5.10 Å². The van der Waals surface area contributed by atoms with Gasteiger partial charge in [0.05, 0.1) is 0 Å². The van der Waals surface area contributed by atoms with Crippen LogP contribution in [0.15, 0.2) is 11.5 Å². The molecule has 2 N–H and O–H groups in total. The van der Waals surface area contributed by atoms with Crippen molar-refractivity contribution in [3.05, 3.63) is 11.6 Å². The summed E-state index contributed by atoms with van der Waals surface area (Å²) in [7, 11) is 1.44. The van der Waals surface area contributed by atoms with Crippen molar-refractivity contribution in [3.8, 4) is 0 Å². The molecule has 0 fully saturated rings. The Labute approximate surface area is 97.1 Å². The molecular weight excluding hydrogens is 234 g/mol. The predicted octanol–water partition coefficient (Wildman–Crippen LogP) is 0.243. The summed E-state index contributed by atoms with van der Waals surface area (Å²) < 4.78 is 1.35. The van der Waals surface area contributed by atoms with E-state index < -0.39 is 11.4 Å². The zero-order chi connectivity index (χ0) is 12.3. The van der Waals surface area contributed by atoms with Crippen LogP contribution in [0.5, 0.6) is 0 Å². The Morgan fingerprint density at radius 2 is 2.31 bits per heavy atom. The molecule has 1 aromatic heterocycles. The average molecular weight is 246 g/mol. The molecule has 0 aliphatic heterocycles. The highest BCUT2D eigenvalue weighted by Crippen LogP contribution is 2.17. The van der Waals surface area contributed by atoms with Crippen molar-refractivity contribution in [1.29, 1.82) is 0 Å². The number of carbonyl (C=O) groups is 1. The number of hydrogen-bond acceptors (Lipinski definition) is 5. The Morgan fingerprint density at radius 3 is 2.69 bits per heavy atom. The minimum Gasteiger partial charge on any atom is -0.410 e. The number of oxime groups is 1. The van der Waals surface area contributed by atoms with Crippen molar-refractivity contribution in [2.24, 2.45) is 5.16 Å². The molecule has 88 valence electrons. The van der Waals surface area contributed by atoms with Crippen LogP contribution in [0.25, 0.3) is 0 Å². The molecule has 0 aliphatic rings. The van der Waals surface area contributed by atoms with Crippen LogP contribution >= 0.6 is 11.6 Å². The van der Waals surface area contributed by atoms with Crippen molar-refractivity contribution in [2.45, 2.75) is 19.4 Å². The number of rotatable bonds is 3. The molecular formula is C8H12ClN5O2. The minimum atomic E-state index is -0.949. The summed E-state index contributed by atoms with van der Waals surface area (Å²) in [5.41, 5.74) is -1.04. The van der Waals surface area contributed by atoms with E-state index in [1.54, 1.807) is 13.8 Å². The molecule has 1 rings (SSSR count). The van der Waals surface area contributed by atoms with Gasteiger partial charge in [-0.2, -0.15) is 0 Å². The van der Waals surface area contributed by atoms with Gasteiger partial charge in [-0.1, -0.05) is 5.16 Å². The van der Waals surface area contributed by atoms with Crippen molar-refractivity contribution >= 4 is 23.2 Å². The summed E-state index contributed by atoms with van der Waals surface area (Å²) in [6.45, 7) is 3.31. The van der Waals surface area contributed by atoms with E-state index in [2.05, 4.69) is 20.6 Å². The van der Waals surface area contributed by atoms with Gasteiger partial charge in [0.1, 0.15) is 11.9 Å².